The summed E-state index contributed by atoms with van der Waals surface area (Å²) in [5, 5.41) is 13.3. The Morgan fingerprint density at radius 3 is 2.77 bits per heavy atom. The summed E-state index contributed by atoms with van der Waals surface area (Å²) < 4.78 is 0. The maximum absolute atomic E-state index is 9.86. The van der Waals surface area contributed by atoms with Crippen LogP contribution in [-0.4, -0.2) is 48.3 Å². The summed E-state index contributed by atoms with van der Waals surface area (Å²) in [5.41, 5.74) is -0.360. The molecular formula is C10H20N2O. The summed E-state index contributed by atoms with van der Waals surface area (Å²) in [6.07, 6.45) is 4.40. The second-order valence-electron chi connectivity index (χ2n) is 4.71. The lowest BCUT2D eigenvalue weighted by atomic mass is 9.80. The summed E-state index contributed by atoms with van der Waals surface area (Å²) in [4.78, 5) is 2.34. The highest BCUT2D eigenvalue weighted by Gasteiger charge is 2.34. The fourth-order valence-corrected chi connectivity index (χ4v) is 2.20. The fraction of sp³-hybridized carbons (Fsp3) is 1.00. The third-order valence-corrected chi connectivity index (χ3v) is 3.40. The molecule has 0 spiro atoms. The fourth-order valence-electron chi connectivity index (χ4n) is 2.20. The van der Waals surface area contributed by atoms with Gasteiger partial charge in [-0.2, -0.15) is 0 Å². The summed E-state index contributed by atoms with van der Waals surface area (Å²) in [5.74, 6) is 0. The molecule has 1 heterocycles. The van der Waals surface area contributed by atoms with E-state index in [2.05, 4.69) is 17.3 Å². The van der Waals surface area contributed by atoms with Crippen molar-refractivity contribution in [3.8, 4) is 0 Å². The van der Waals surface area contributed by atoms with Gasteiger partial charge in [-0.1, -0.05) is 0 Å². The average Bonchev–Trinajstić information content (AvgIpc) is 2.44. The van der Waals surface area contributed by atoms with E-state index in [0.717, 1.165) is 25.9 Å². The highest BCUT2D eigenvalue weighted by Crippen LogP contribution is 2.30. The van der Waals surface area contributed by atoms with Crippen LogP contribution in [0.3, 0.4) is 0 Å². The zero-order valence-electron chi connectivity index (χ0n) is 8.42. The SMILES string of the molecule is CN1CCC(NCC2(O)CCC2)C1. The predicted molar refractivity (Wildman–Crippen MR) is 52.7 cm³/mol. The van der Waals surface area contributed by atoms with Crippen molar-refractivity contribution in [2.24, 2.45) is 0 Å². The average molecular weight is 184 g/mol. The highest BCUT2D eigenvalue weighted by molar-refractivity contribution is 4.91. The van der Waals surface area contributed by atoms with Crippen LogP contribution >= 0.6 is 0 Å². The molecule has 1 saturated heterocycles. The van der Waals surface area contributed by atoms with Crippen LogP contribution < -0.4 is 5.32 Å². The Morgan fingerprint density at radius 1 is 1.54 bits per heavy atom. The van der Waals surface area contributed by atoms with E-state index in [1.165, 1.54) is 19.4 Å². The minimum atomic E-state index is -0.360. The molecule has 1 aliphatic carbocycles. The third kappa shape index (κ3) is 2.22. The Labute approximate surface area is 80.1 Å². The van der Waals surface area contributed by atoms with E-state index in [1.54, 1.807) is 0 Å². The van der Waals surface area contributed by atoms with Crippen molar-refractivity contribution < 1.29 is 5.11 Å². The molecule has 0 radical (unpaired) electrons. The van der Waals surface area contributed by atoms with Crippen LogP contribution in [-0.2, 0) is 0 Å². The molecule has 0 amide bonds. The first-order chi connectivity index (χ1) is 6.18. The lowest BCUT2D eigenvalue weighted by Gasteiger charge is -2.37. The molecule has 0 bridgehead atoms. The van der Waals surface area contributed by atoms with Crippen molar-refractivity contribution in [1.82, 2.24) is 10.2 Å². The number of likely N-dealkylation sites (N-methyl/N-ethyl adjacent to an activating group) is 1. The molecule has 0 aromatic rings. The first-order valence-corrected chi connectivity index (χ1v) is 5.32. The quantitative estimate of drug-likeness (QED) is 0.657. The number of hydrogen-bond donors (Lipinski definition) is 2. The number of hydrogen-bond acceptors (Lipinski definition) is 3. The van der Waals surface area contributed by atoms with Gasteiger partial charge in [-0.3, -0.25) is 0 Å². The van der Waals surface area contributed by atoms with Gasteiger partial charge in [0.25, 0.3) is 0 Å². The minimum absolute atomic E-state index is 0.360. The van der Waals surface area contributed by atoms with E-state index in [0.29, 0.717) is 6.04 Å². The number of nitrogens with one attached hydrogen (secondary N) is 1. The predicted octanol–water partition coefficient (Wildman–Crippen LogP) is 0.195. The van der Waals surface area contributed by atoms with Crippen LogP contribution in [0.15, 0.2) is 0 Å². The molecule has 1 unspecified atom stereocenters. The normalized spacial score (nSPS) is 33.2. The summed E-state index contributed by atoms with van der Waals surface area (Å²) >= 11 is 0. The van der Waals surface area contributed by atoms with Crippen molar-refractivity contribution in [1.29, 1.82) is 0 Å². The van der Waals surface area contributed by atoms with Crippen LogP contribution in [0.2, 0.25) is 0 Å². The second kappa shape index (κ2) is 3.56. The van der Waals surface area contributed by atoms with Crippen molar-refractivity contribution in [2.45, 2.75) is 37.3 Å². The number of rotatable bonds is 3. The van der Waals surface area contributed by atoms with Crippen molar-refractivity contribution >= 4 is 0 Å². The standard InChI is InChI=1S/C10H20N2O/c1-12-6-3-9(7-12)11-8-10(13)4-2-5-10/h9,11,13H,2-8H2,1H3. The van der Waals surface area contributed by atoms with Crippen LogP contribution in [0, 0.1) is 0 Å². The molecule has 2 fully saturated rings. The molecule has 1 saturated carbocycles. The maximum Gasteiger partial charge on any atom is 0.0771 e. The Kier molecular flexibility index (Phi) is 2.58. The van der Waals surface area contributed by atoms with E-state index >= 15 is 0 Å². The Bertz CT molecular complexity index is 180. The van der Waals surface area contributed by atoms with E-state index in [9.17, 15) is 5.11 Å². The van der Waals surface area contributed by atoms with Gasteiger partial charge in [0.15, 0.2) is 0 Å². The van der Waals surface area contributed by atoms with E-state index in [1.807, 2.05) is 0 Å². The first-order valence-electron chi connectivity index (χ1n) is 5.32. The van der Waals surface area contributed by atoms with Crippen molar-refractivity contribution in [3.05, 3.63) is 0 Å². The van der Waals surface area contributed by atoms with Crippen molar-refractivity contribution in [3.63, 3.8) is 0 Å². The zero-order chi connectivity index (χ0) is 9.31. The van der Waals surface area contributed by atoms with E-state index in [-0.39, 0.29) is 5.60 Å². The molecule has 1 aliphatic heterocycles. The van der Waals surface area contributed by atoms with E-state index < -0.39 is 0 Å². The van der Waals surface area contributed by atoms with Crippen molar-refractivity contribution in [2.75, 3.05) is 26.7 Å². The molecule has 13 heavy (non-hydrogen) atoms. The van der Waals surface area contributed by atoms with Gasteiger partial charge in [-0.05, 0) is 39.3 Å². The van der Waals surface area contributed by atoms with Gasteiger partial charge in [0, 0.05) is 19.1 Å². The van der Waals surface area contributed by atoms with E-state index in [4.69, 9.17) is 0 Å². The number of nitrogens with zero attached hydrogens (tertiary/aromatic N) is 1. The molecule has 76 valence electrons. The monoisotopic (exact) mass is 184 g/mol. The number of likely N-dealkylation sites (tertiary alicyclic amines) is 1. The molecule has 2 aliphatic rings. The summed E-state index contributed by atoms with van der Waals surface area (Å²) in [6, 6.07) is 0.606. The Morgan fingerprint density at radius 2 is 2.31 bits per heavy atom. The van der Waals surface area contributed by atoms with Gasteiger partial charge in [-0.25, -0.2) is 0 Å². The molecule has 0 aromatic heterocycles. The first kappa shape index (κ1) is 9.44. The molecule has 3 nitrogen and oxygen atoms in total. The summed E-state index contributed by atoms with van der Waals surface area (Å²) in [6.45, 7) is 3.12. The molecule has 0 aromatic carbocycles. The largest absolute Gasteiger partial charge is 0.389 e. The van der Waals surface area contributed by atoms with Gasteiger partial charge in [0.05, 0.1) is 5.60 Å². The molecule has 2 rings (SSSR count). The molecule has 2 N–H and O–H groups in total. The second-order valence-corrected chi connectivity index (χ2v) is 4.71. The summed E-state index contributed by atoms with van der Waals surface area (Å²) in [7, 11) is 2.15. The number of aliphatic hydroxyl groups is 1. The van der Waals surface area contributed by atoms with Crippen LogP contribution in [0.5, 0.6) is 0 Å². The zero-order valence-corrected chi connectivity index (χ0v) is 8.42. The Hall–Kier alpha value is -0.120. The Balaban J connectivity index is 1.67. The smallest absolute Gasteiger partial charge is 0.0771 e. The van der Waals surface area contributed by atoms with Gasteiger partial charge < -0.3 is 15.3 Å². The molecule has 1 atom stereocenters. The van der Waals surface area contributed by atoms with Gasteiger partial charge in [-0.15, -0.1) is 0 Å². The van der Waals surface area contributed by atoms with Gasteiger partial charge in [0.1, 0.15) is 0 Å². The third-order valence-electron chi connectivity index (χ3n) is 3.40. The topological polar surface area (TPSA) is 35.5 Å². The minimum Gasteiger partial charge on any atom is -0.389 e. The lowest BCUT2D eigenvalue weighted by Crippen LogP contribution is -2.49. The van der Waals surface area contributed by atoms with Gasteiger partial charge >= 0.3 is 0 Å². The molecule has 3 heteroatoms. The highest BCUT2D eigenvalue weighted by atomic mass is 16.3. The molecular weight excluding hydrogens is 164 g/mol. The van der Waals surface area contributed by atoms with Gasteiger partial charge in [0.2, 0.25) is 0 Å². The van der Waals surface area contributed by atoms with Crippen LogP contribution in [0.4, 0.5) is 0 Å². The van der Waals surface area contributed by atoms with Crippen LogP contribution in [0.25, 0.3) is 0 Å². The lowest BCUT2D eigenvalue weighted by molar-refractivity contribution is -0.0329. The van der Waals surface area contributed by atoms with Crippen LogP contribution in [0.1, 0.15) is 25.7 Å². The maximum atomic E-state index is 9.86.